The Morgan fingerprint density at radius 2 is 2.16 bits per heavy atom. The van der Waals surface area contributed by atoms with Gasteiger partial charge in [0.1, 0.15) is 0 Å². The van der Waals surface area contributed by atoms with E-state index < -0.39 is 0 Å². The Morgan fingerprint density at radius 3 is 2.84 bits per heavy atom. The van der Waals surface area contributed by atoms with Crippen LogP contribution in [-0.4, -0.2) is 22.0 Å². The maximum Gasteiger partial charge on any atom is 0.230 e. The van der Waals surface area contributed by atoms with E-state index in [1.54, 1.807) is 11.8 Å². The number of para-hydroxylation sites is 1. The number of rotatable bonds is 6. The fraction of sp³-hybridized carbons (Fsp3) is 0.389. The number of thiazole rings is 1. The Labute approximate surface area is 157 Å². The number of thiocarbonyl (C=S) groups is 1. The molecule has 1 saturated carbocycles. The van der Waals surface area contributed by atoms with E-state index in [9.17, 15) is 4.79 Å². The van der Waals surface area contributed by atoms with Gasteiger partial charge in [-0.2, -0.15) is 0 Å². The Balaban J connectivity index is 1.73. The molecular weight excluding hydrogens is 352 g/mol. The number of aromatic nitrogens is 1. The molecule has 0 radical (unpaired) electrons. The second kappa shape index (κ2) is 7.93. The molecule has 1 heterocycles. The molecule has 0 atom stereocenters. The van der Waals surface area contributed by atoms with Crippen LogP contribution in [0.3, 0.4) is 0 Å². The molecule has 0 unspecified atom stereocenters. The Bertz CT molecular complexity index is 770. The molecule has 5 nitrogen and oxygen atoms in total. The standard InChI is InChI=1S/C18H22N4OS2/c1-3-13-6-4-5-7-16(13)22(12(2)23)18-21-15(11-25-18)10-19-17(24)20-14-8-9-14/h4-7,11,14H,3,8-10H2,1-2H3,(H2,19,20,24). The lowest BCUT2D eigenvalue weighted by molar-refractivity contribution is -0.115. The van der Waals surface area contributed by atoms with Crippen LogP contribution in [0.5, 0.6) is 0 Å². The van der Waals surface area contributed by atoms with Crippen molar-refractivity contribution in [3.05, 3.63) is 40.9 Å². The van der Waals surface area contributed by atoms with Crippen LogP contribution in [-0.2, 0) is 17.8 Å². The van der Waals surface area contributed by atoms with Crippen molar-refractivity contribution in [3.63, 3.8) is 0 Å². The van der Waals surface area contributed by atoms with E-state index in [0.29, 0.717) is 22.8 Å². The average Bonchev–Trinajstić information content (AvgIpc) is 3.29. The first-order valence-electron chi connectivity index (χ1n) is 8.46. The summed E-state index contributed by atoms with van der Waals surface area (Å²) in [6.07, 6.45) is 3.24. The first kappa shape index (κ1) is 17.8. The summed E-state index contributed by atoms with van der Waals surface area (Å²) in [7, 11) is 0. The quantitative estimate of drug-likeness (QED) is 0.758. The molecule has 0 saturated heterocycles. The van der Waals surface area contributed by atoms with Gasteiger partial charge in [0.05, 0.1) is 17.9 Å². The molecule has 1 fully saturated rings. The van der Waals surface area contributed by atoms with Crippen molar-refractivity contribution >= 4 is 45.4 Å². The lowest BCUT2D eigenvalue weighted by Crippen LogP contribution is -2.36. The van der Waals surface area contributed by atoms with Crippen molar-refractivity contribution in [3.8, 4) is 0 Å². The van der Waals surface area contributed by atoms with Gasteiger partial charge in [0.25, 0.3) is 0 Å². The molecule has 25 heavy (non-hydrogen) atoms. The van der Waals surface area contributed by atoms with Crippen LogP contribution in [0, 0.1) is 0 Å². The second-order valence-corrected chi connectivity index (χ2v) is 7.30. The summed E-state index contributed by atoms with van der Waals surface area (Å²) >= 11 is 6.74. The fourth-order valence-electron chi connectivity index (χ4n) is 2.55. The third kappa shape index (κ3) is 4.55. The summed E-state index contributed by atoms with van der Waals surface area (Å²) in [6, 6.07) is 8.48. The summed E-state index contributed by atoms with van der Waals surface area (Å²) < 4.78 is 0. The number of carbonyl (C=O) groups excluding carboxylic acids is 1. The van der Waals surface area contributed by atoms with Crippen LogP contribution in [0.25, 0.3) is 0 Å². The largest absolute Gasteiger partial charge is 0.360 e. The number of benzene rings is 1. The minimum atomic E-state index is -0.0410. The third-order valence-corrected chi connectivity index (χ3v) is 5.14. The van der Waals surface area contributed by atoms with Gasteiger partial charge in [-0.3, -0.25) is 9.69 Å². The SMILES string of the molecule is CCc1ccccc1N(C(C)=O)c1nc(CNC(=S)NC2CC2)cs1. The van der Waals surface area contributed by atoms with E-state index in [2.05, 4.69) is 22.5 Å². The lowest BCUT2D eigenvalue weighted by Gasteiger charge is -2.21. The third-order valence-electron chi connectivity index (χ3n) is 4.00. The molecule has 1 aromatic heterocycles. The molecule has 0 bridgehead atoms. The number of amides is 1. The van der Waals surface area contributed by atoms with Gasteiger partial charge in [-0.1, -0.05) is 25.1 Å². The average molecular weight is 375 g/mol. The van der Waals surface area contributed by atoms with Crippen LogP contribution < -0.4 is 15.5 Å². The highest BCUT2D eigenvalue weighted by Gasteiger charge is 2.22. The molecule has 2 aromatic rings. The van der Waals surface area contributed by atoms with Gasteiger partial charge in [0.15, 0.2) is 10.2 Å². The van der Waals surface area contributed by atoms with E-state index in [1.807, 2.05) is 29.6 Å². The monoisotopic (exact) mass is 374 g/mol. The molecule has 132 valence electrons. The normalized spacial score (nSPS) is 13.4. The predicted molar refractivity (Wildman–Crippen MR) is 106 cm³/mol. The molecule has 1 aliphatic carbocycles. The maximum atomic E-state index is 12.3. The number of hydrogen-bond acceptors (Lipinski definition) is 4. The number of aryl methyl sites for hydroxylation is 1. The van der Waals surface area contributed by atoms with Crippen molar-refractivity contribution in [1.29, 1.82) is 0 Å². The van der Waals surface area contributed by atoms with Crippen LogP contribution in [0.2, 0.25) is 0 Å². The van der Waals surface area contributed by atoms with Gasteiger partial charge in [-0.05, 0) is 43.1 Å². The highest BCUT2D eigenvalue weighted by molar-refractivity contribution is 7.80. The van der Waals surface area contributed by atoms with Crippen LogP contribution in [0.1, 0.15) is 37.9 Å². The molecule has 3 rings (SSSR count). The van der Waals surface area contributed by atoms with Gasteiger partial charge < -0.3 is 10.6 Å². The number of nitrogens with zero attached hydrogens (tertiary/aromatic N) is 2. The van der Waals surface area contributed by atoms with Gasteiger partial charge in [-0.15, -0.1) is 11.3 Å². The highest BCUT2D eigenvalue weighted by Crippen LogP contribution is 2.31. The molecular formula is C18H22N4OS2. The van der Waals surface area contributed by atoms with Gasteiger partial charge in [-0.25, -0.2) is 4.98 Å². The number of nitrogens with one attached hydrogen (secondary N) is 2. The molecule has 7 heteroatoms. The topological polar surface area (TPSA) is 57.3 Å². The Hall–Kier alpha value is -1.99. The summed E-state index contributed by atoms with van der Waals surface area (Å²) in [4.78, 5) is 18.6. The predicted octanol–water partition coefficient (Wildman–Crippen LogP) is 3.52. The van der Waals surface area contributed by atoms with Gasteiger partial charge in [0, 0.05) is 18.3 Å². The molecule has 1 aromatic carbocycles. The maximum absolute atomic E-state index is 12.3. The smallest absolute Gasteiger partial charge is 0.230 e. The highest BCUT2D eigenvalue weighted by atomic mass is 32.1. The number of anilines is 2. The van der Waals surface area contributed by atoms with Crippen LogP contribution in [0.4, 0.5) is 10.8 Å². The van der Waals surface area contributed by atoms with Gasteiger partial charge >= 0.3 is 0 Å². The summed E-state index contributed by atoms with van der Waals surface area (Å²) in [5.74, 6) is -0.0410. The van der Waals surface area contributed by atoms with Crippen molar-refractivity contribution in [1.82, 2.24) is 15.6 Å². The first-order valence-corrected chi connectivity index (χ1v) is 9.74. The minimum absolute atomic E-state index is 0.0410. The van der Waals surface area contributed by atoms with E-state index in [1.165, 1.54) is 24.2 Å². The van der Waals surface area contributed by atoms with Crippen molar-refractivity contribution in [2.75, 3.05) is 4.90 Å². The van der Waals surface area contributed by atoms with Crippen LogP contribution >= 0.6 is 23.6 Å². The van der Waals surface area contributed by atoms with E-state index in [4.69, 9.17) is 12.2 Å². The first-order chi connectivity index (χ1) is 12.1. The molecule has 2 N–H and O–H groups in total. The molecule has 1 amide bonds. The van der Waals surface area contributed by atoms with E-state index in [0.717, 1.165) is 23.4 Å². The number of carbonyl (C=O) groups is 1. The number of hydrogen-bond donors (Lipinski definition) is 2. The van der Waals surface area contributed by atoms with E-state index >= 15 is 0 Å². The Kier molecular flexibility index (Phi) is 5.65. The summed E-state index contributed by atoms with van der Waals surface area (Å²) in [5.41, 5.74) is 2.90. The molecule has 0 aliphatic heterocycles. The van der Waals surface area contributed by atoms with Gasteiger partial charge in [0.2, 0.25) is 5.91 Å². The fourth-order valence-corrected chi connectivity index (χ4v) is 3.67. The molecule has 0 spiro atoms. The Morgan fingerprint density at radius 1 is 1.40 bits per heavy atom. The zero-order chi connectivity index (χ0) is 17.8. The zero-order valence-corrected chi connectivity index (χ0v) is 16.0. The second-order valence-electron chi connectivity index (χ2n) is 6.06. The van der Waals surface area contributed by atoms with Crippen LogP contribution in [0.15, 0.2) is 29.6 Å². The van der Waals surface area contributed by atoms with Crippen molar-refractivity contribution < 1.29 is 4.79 Å². The summed E-state index contributed by atoms with van der Waals surface area (Å²) in [5, 5.41) is 9.73. The minimum Gasteiger partial charge on any atom is -0.360 e. The molecule has 1 aliphatic rings. The van der Waals surface area contributed by atoms with E-state index in [-0.39, 0.29) is 5.91 Å². The zero-order valence-electron chi connectivity index (χ0n) is 14.4. The van der Waals surface area contributed by atoms with Crippen molar-refractivity contribution in [2.45, 2.75) is 45.7 Å². The van der Waals surface area contributed by atoms with Crippen molar-refractivity contribution in [2.24, 2.45) is 0 Å². The summed E-state index contributed by atoms with van der Waals surface area (Å²) in [6.45, 7) is 4.21. The lowest BCUT2D eigenvalue weighted by atomic mass is 10.1.